The minimum Gasteiger partial charge on any atom is -0.387 e. The van der Waals surface area contributed by atoms with Crippen LogP contribution in [0.2, 0.25) is 0 Å². The topological polar surface area (TPSA) is 57.3 Å². The maximum absolute atomic E-state index is 11.6. The van der Waals surface area contributed by atoms with Gasteiger partial charge < -0.3 is 15.5 Å². The number of aromatic nitrogens is 1. The van der Waals surface area contributed by atoms with Gasteiger partial charge in [0, 0.05) is 33.1 Å². The minimum atomic E-state index is 0.159. The number of carbonyl (C=O) groups excluding carboxylic acids is 1. The first-order chi connectivity index (χ1) is 8.74. The molecule has 0 bridgehead atoms. The summed E-state index contributed by atoms with van der Waals surface area (Å²) in [5.74, 6) is 0.323. The summed E-state index contributed by atoms with van der Waals surface area (Å²) in [7, 11) is 3.59. The van der Waals surface area contributed by atoms with E-state index in [2.05, 4.69) is 26.6 Å². The van der Waals surface area contributed by atoms with Crippen LogP contribution in [0.1, 0.15) is 12.8 Å². The van der Waals surface area contributed by atoms with Crippen molar-refractivity contribution in [1.29, 1.82) is 0 Å². The Morgan fingerprint density at radius 1 is 1.33 bits per heavy atom. The van der Waals surface area contributed by atoms with Crippen molar-refractivity contribution in [2.45, 2.75) is 12.8 Å². The number of amides is 1. The van der Waals surface area contributed by atoms with Crippen molar-refractivity contribution in [3.05, 3.63) is 18.5 Å². The van der Waals surface area contributed by atoms with E-state index >= 15 is 0 Å². The summed E-state index contributed by atoms with van der Waals surface area (Å²) >= 11 is 0. The summed E-state index contributed by atoms with van der Waals surface area (Å²) in [6, 6.07) is 2.09. The summed E-state index contributed by atoms with van der Waals surface area (Å²) in [6.07, 6.45) is 5.49. The zero-order chi connectivity index (χ0) is 13.0. The maximum atomic E-state index is 11.6. The molecule has 1 aromatic heterocycles. The van der Waals surface area contributed by atoms with E-state index in [-0.39, 0.29) is 11.8 Å². The maximum Gasteiger partial charge on any atom is 0.222 e. The van der Waals surface area contributed by atoms with Crippen LogP contribution in [0.4, 0.5) is 11.4 Å². The van der Waals surface area contributed by atoms with Gasteiger partial charge in [-0.3, -0.25) is 9.78 Å². The number of hydrogen-bond acceptors (Lipinski definition) is 4. The number of anilines is 2. The van der Waals surface area contributed by atoms with Gasteiger partial charge in [0.25, 0.3) is 0 Å². The number of piperidine rings is 1. The second kappa shape index (κ2) is 5.71. The van der Waals surface area contributed by atoms with Gasteiger partial charge in [0.15, 0.2) is 0 Å². The molecule has 1 amide bonds. The summed E-state index contributed by atoms with van der Waals surface area (Å²) < 4.78 is 0. The fourth-order valence-electron chi connectivity index (χ4n) is 2.34. The smallest absolute Gasteiger partial charge is 0.222 e. The van der Waals surface area contributed by atoms with Crippen molar-refractivity contribution >= 4 is 17.3 Å². The highest BCUT2D eigenvalue weighted by atomic mass is 16.1. The van der Waals surface area contributed by atoms with Crippen molar-refractivity contribution < 1.29 is 4.79 Å². The highest BCUT2D eigenvalue weighted by molar-refractivity contribution is 5.78. The summed E-state index contributed by atoms with van der Waals surface area (Å²) in [6.45, 7) is 1.82. The first-order valence-corrected chi connectivity index (χ1v) is 6.34. The fourth-order valence-corrected chi connectivity index (χ4v) is 2.34. The molecule has 5 heteroatoms. The van der Waals surface area contributed by atoms with Crippen molar-refractivity contribution in [3.63, 3.8) is 0 Å². The Hall–Kier alpha value is -1.78. The van der Waals surface area contributed by atoms with Crippen LogP contribution in [0.25, 0.3) is 0 Å². The van der Waals surface area contributed by atoms with Gasteiger partial charge in [0.1, 0.15) is 0 Å². The molecule has 1 aliphatic rings. The van der Waals surface area contributed by atoms with Gasteiger partial charge in [-0.25, -0.2) is 0 Å². The number of rotatable bonds is 3. The second-order valence-electron chi connectivity index (χ2n) is 4.56. The van der Waals surface area contributed by atoms with Crippen LogP contribution in [0.5, 0.6) is 0 Å². The molecule has 2 rings (SSSR count). The summed E-state index contributed by atoms with van der Waals surface area (Å²) in [5, 5.41) is 5.82. The Kier molecular flexibility index (Phi) is 4.02. The lowest BCUT2D eigenvalue weighted by Crippen LogP contribution is -2.39. The van der Waals surface area contributed by atoms with Gasteiger partial charge in [0.05, 0.1) is 23.8 Å². The third-order valence-corrected chi connectivity index (χ3v) is 3.49. The first kappa shape index (κ1) is 12.7. The monoisotopic (exact) mass is 248 g/mol. The standard InChI is InChI=1S/C13H20N4O/c1-14-11-7-12(9-16-8-11)17-5-3-10(4-6-17)13(18)15-2/h7-10,14H,3-6H2,1-2H3,(H,15,18). The van der Waals surface area contributed by atoms with Crippen LogP contribution in [0.15, 0.2) is 18.5 Å². The van der Waals surface area contributed by atoms with Gasteiger partial charge in [-0.2, -0.15) is 0 Å². The highest BCUT2D eigenvalue weighted by Gasteiger charge is 2.24. The molecule has 98 valence electrons. The minimum absolute atomic E-state index is 0.159. The fraction of sp³-hybridized carbons (Fsp3) is 0.538. The molecule has 2 N–H and O–H groups in total. The van der Waals surface area contributed by atoms with E-state index in [0.29, 0.717) is 0 Å². The van der Waals surface area contributed by atoms with E-state index in [1.165, 1.54) is 0 Å². The molecule has 0 aromatic carbocycles. The Bertz CT molecular complexity index is 413. The second-order valence-corrected chi connectivity index (χ2v) is 4.56. The van der Waals surface area contributed by atoms with Crippen molar-refractivity contribution in [3.8, 4) is 0 Å². The SMILES string of the molecule is CNC(=O)C1CCN(c2cncc(NC)c2)CC1. The lowest BCUT2D eigenvalue weighted by atomic mass is 9.96. The first-order valence-electron chi connectivity index (χ1n) is 6.34. The molecule has 1 aromatic rings. The normalized spacial score (nSPS) is 16.4. The average molecular weight is 248 g/mol. The summed E-state index contributed by atoms with van der Waals surface area (Å²) in [5.41, 5.74) is 2.14. The van der Waals surface area contributed by atoms with Gasteiger partial charge in [-0.15, -0.1) is 0 Å². The number of carbonyl (C=O) groups is 1. The molecule has 1 aliphatic heterocycles. The average Bonchev–Trinajstić information content (AvgIpc) is 2.46. The van der Waals surface area contributed by atoms with Crippen LogP contribution in [-0.4, -0.2) is 38.1 Å². The molecule has 1 saturated heterocycles. The zero-order valence-corrected chi connectivity index (χ0v) is 10.9. The third kappa shape index (κ3) is 2.72. The molecule has 5 nitrogen and oxygen atoms in total. The number of pyridine rings is 1. The molecule has 0 aliphatic carbocycles. The highest BCUT2D eigenvalue weighted by Crippen LogP contribution is 2.24. The Balaban J connectivity index is 1.98. The van der Waals surface area contributed by atoms with Crippen molar-refractivity contribution in [1.82, 2.24) is 10.3 Å². The molecule has 0 saturated carbocycles. The van der Waals surface area contributed by atoms with Crippen LogP contribution >= 0.6 is 0 Å². The van der Waals surface area contributed by atoms with Crippen LogP contribution < -0.4 is 15.5 Å². The predicted octanol–water partition coefficient (Wildman–Crippen LogP) is 1.09. The lowest BCUT2D eigenvalue weighted by Gasteiger charge is -2.32. The van der Waals surface area contributed by atoms with Crippen LogP contribution in [-0.2, 0) is 4.79 Å². The quantitative estimate of drug-likeness (QED) is 0.840. The van der Waals surface area contributed by atoms with Gasteiger partial charge in [0.2, 0.25) is 5.91 Å². The predicted molar refractivity (Wildman–Crippen MR) is 72.8 cm³/mol. The summed E-state index contributed by atoms with van der Waals surface area (Å²) in [4.78, 5) is 18.1. The molecule has 18 heavy (non-hydrogen) atoms. The van der Waals surface area contributed by atoms with E-state index in [1.54, 1.807) is 13.2 Å². The van der Waals surface area contributed by atoms with Gasteiger partial charge >= 0.3 is 0 Å². The largest absolute Gasteiger partial charge is 0.387 e. The lowest BCUT2D eigenvalue weighted by molar-refractivity contribution is -0.125. The van der Waals surface area contributed by atoms with Gasteiger partial charge in [-0.1, -0.05) is 0 Å². The molecule has 1 fully saturated rings. The number of nitrogens with one attached hydrogen (secondary N) is 2. The number of hydrogen-bond donors (Lipinski definition) is 2. The van der Waals surface area contributed by atoms with E-state index < -0.39 is 0 Å². The van der Waals surface area contributed by atoms with Crippen LogP contribution in [0, 0.1) is 5.92 Å². The van der Waals surface area contributed by atoms with Crippen LogP contribution in [0.3, 0.4) is 0 Å². The molecular formula is C13H20N4O. The Morgan fingerprint density at radius 3 is 2.67 bits per heavy atom. The van der Waals surface area contributed by atoms with E-state index in [1.807, 2.05) is 13.2 Å². The molecule has 2 heterocycles. The molecule has 0 spiro atoms. The van der Waals surface area contributed by atoms with Crippen molar-refractivity contribution in [2.75, 3.05) is 37.4 Å². The Labute approximate surface area is 108 Å². The van der Waals surface area contributed by atoms with E-state index in [9.17, 15) is 4.79 Å². The third-order valence-electron chi connectivity index (χ3n) is 3.49. The van der Waals surface area contributed by atoms with Crippen molar-refractivity contribution in [2.24, 2.45) is 5.92 Å². The zero-order valence-electron chi connectivity index (χ0n) is 10.9. The molecule has 0 unspecified atom stereocenters. The molecule has 0 atom stereocenters. The molecular weight excluding hydrogens is 228 g/mol. The number of nitrogens with zero attached hydrogens (tertiary/aromatic N) is 2. The Morgan fingerprint density at radius 2 is 2.06 bits per heavy atom. The van der Waals surface area contributed by atoms with E-state index in [4.69, 9.17) is 0 Å². The molecule has 0 radical (unpaired) electrons. The van der Waals surface area contributed by atoms with E-state index in [0.717, 1.165) is 37.3 Å². The van der Waals surface area contributed by atoms with Gasteiger partial charge in [-0.05, 0) is 18.9 Å².